The van der Waals surface area contributed by atoms with E-state index in [1.54, 1.807) is 0 Å². The van der Waals surface area contributed by atoms with Gasteiger partial charge in [-0.2, -0.15) is 0 Å². The Labute approximate surface area is 248 Å². The fraction of sp³-hybridized carbons (Fsp3) is 0.784. The van der Waals surface area contributed by atoms with Gasteiger partial charge in [0.05, 0.1) is 11.4 Å². The average molecular weight is 550 g/mol. The van der Waals surface area contributed by atoms with E-state index in [2.05, 4.69) is 77.4 Å². The maximum absolute atomic E-state index is 4.35. The lowest BCUT2D eigenvalue weighted by atomic mass is 9.48. The molecule has 0 bridgehead atoms. The zero-order valence-corrected chi connectivity index (χ0v) is 27.4. The molecular weight excluding hydrogens is 486 g/mol. The number of allylic oxidation sites excluding steroid dienone is 3. The van der Waals surface area contributed by atoms with Crippen LogP contribution in [0.1, 0.15) is 113 Å². The topological polar surface area (TPSA) is 36.1 Å². The van der Waals surface area contributed by atoms with Crippen LogP contribution in [0.15, 0.2) is 48.0 Å². The zero-order chi connectivity index (χ0) is 29.3. The summed E-state index contributed by atoms with van der Waals surface area (Å²) in [6.07, 6.45) is 12.8. The quantitative estimate of drug-likeness (QED) is 0.251. The monoisotopic (exact) mass is 550 g/mol. The van der Waals surface area contributed by atoms with Crippen LogP contribution >= 0.6 is 0 Å². The van der Waals surface area contributed by atoms with E-state index in [1.807, 2.05) is 13.8 Å². The first-order valence-corrected chi connectivity index (χ1v) is 17.2. The molecule has 0 radical (unpaired) electrons. The summed E-state index contributed by atoms with van der Waals surface area (Å²) in [5.41, 5.74) is 11.9. The molecule has 4 fully saturated rings. The molecule has 0 aromatic heterocycles. The molecule has 226 valence electrons. The van der Waals surface area contributed by atoms with Crippen LogP contribution in [0.4, 0.5) is 0 Å². The third-order valence-electron chi connectivity index (χ3n) is 11.9. The fourth-order valence-corrected chi connectivity index (χ4v) is 10.4. The van der Waals surface area contributed by atoms with Crippen molar-refractivity contribution in [1.82, 2.24) is 16.2 Å². The van der Waals surface area contributed by atoms with Gasteiger partial charge >= 0.3 is 0 Å². The predicted octanol–water partition coefficient (Wildman–Crippen LogP) is 9.38. The van der Waals surface area contributed by atoms with Crippen molar-refractivity contribution in [3.63, 3.8) is 0 Å². The molecule has 3 heteroatoms. The molecular formula is C37H63N3. The van der Waals surface area contributed by atoms with E-state index in [1.165, 1.54) is 51.4 Å². The molecule has 3 N–H and O–H groups in total. The highest BCUT2D eigenvalue weighted by atomic mass is 15.4. The van der Waals surface area contributed by atoms with Gasteiger partial charge in [0.15, 0.2) is 0 Å². The van der Waals surface area contributed by atoms with Crippen molar-refractivity contribution in [2.75, 3.05) is 0 Å². The van der Waals surface area contributed by atoms with Gasteiger partial charge in [-0.05, 0) is 130 Å². The average Bonchev–Trinajstić information content (AvgIpc) is 3.37. The van der Waals surface area contributed by atoms with Crippen molar-refractivity contribution in [2.24, 2.45) is 65.1 Å². The number of rotatable bonds is 9. The Hall–Kier alpha value is -1.64. The number of hydrazine groups is 1. The fourth-order valence-electron chi connectivity index (χ4n) is 10.4. The number of nitrogens with one attached hydrogen (secondary N) is 3. The highest BCUT2D eigenvalue weighted by Crippen LogP contribution is 2.63. The van der Waals surface area contributed by atoms with Gasteiger partial charge in [-0.15, -0.1) is 0 Å². The molecule has 0 heterocycles. The highest BCUT2D eigenvalue weighted by Gasteiger charge is 2.56. The van der Waals surface area contributed by atoms with Gasteiger partial charge in [-0.3, -0.25) is 5.43 Å². The van der Waals surface area contributed by atoms with E-state index >= 15 is 0 Å². The summed E-state index contributed by atoms with van der Waals surface area (Å²) in [5.74, 6) is 10.5. The summed E-state index contributed by atoms with van der Waals surface area (Å²) in [6.45, 7) is 31.3. The molecule has 5 rings (SSSR count). The van der Waals surface area contributed by atoms with Crippen LogP contribution in [0.5, 0.6) is 0 Å². The van der Waals surface area contributed by atoms with Gasteiger partial charge < -0.3 is 10.7 Å². The Bertz CT molecular complexity index is 958. The Kier molecular flexibility index (Phi) is 10.3. The lowest BCUT2D eigenvalue weighted by Gasteiger charge is -2.57. The van der Waals surface area contributed by atoms with E-state index in [0.717, 1.165) is 99.8 Å². The molecule has 11 atom stereocenters. The summed E-state index contributed by atoms with van der Waals surface area (Å²) >= 11 is 0. The molecule has 0 aromatic rings. The first kappa shape index (κ1) is 31.3. The summed E-state index contributed by atoms with van der Waals surface area (Å²) in [7, 11) is 0. The largest absolute Gasteiger partial charge is 0.381 e. The third kappa shape index (κ3) is 6.10. The molecule has 40 heavy (non-hydrogen) atoms. The second-order valence-electron chi connectivity index (χ2n) is 14.9. The van der Waals surface area contributed by atoms with E-state index in [4.69, 9.17) is 0 Å². The Balaban J connectivity index is 0.00000181. The molecule has 4 saturated carbocycles. The van der Waals surface area contributed by atoms with Crippen molar-refractivity contribution in [3.8, 4) is 0 Å². The lowest BCUT2D eigenvalue weighted by molar-refractivity contribution is -0.0854. The van der Waals surface area contributed by atoms with Gasteiger partial charge in [0.1, 0.15) is 0 Å². The summed E-state index contributed by atoms with van der Waals surface area (Å²) in [5, 5.41) is 3.48. The van der Waals surface area contributed by atoms with Crippen molar-refractivity contribution < 1.29 is 0 Å². The van der Waals surface area contributed by atoms with Crippen LogP contribution in [0.3, 0.4) is 0 Å². The standard InChI is InChI=1S/C35H57N3.C2H6/c1-19(2)36-34-25(8)26(9)35(34)38-37-24(7)12-11-21(4)28-14-15-30-32(28)23(6)18-31-29-13-10-20(3)16-27(29)17-22(5)33(30)31;1-2/h19-23,27-33,36-38H,7-18H2,1-6H3;1-2H3. The molecule has 5 aliphatic carbocycles. The van der Waals surface area contributed by atoms with E-state index < -0.39 is 0 Å². The van der Waals surface area contributed by atoms with Crippen LogP contribution < -0.4 is 16.2 Å². The normalized spacial score (nSPS) is 39.2. The minimum absolute atomic E-state index is 0.368. The first-order valence-electron chi connectivity index (χ1n) is 17.2. The smallest absolute Gasteiger partial charge is 0.0850 e. The highest BCUT2D eigenvalue weighted by molar-refractivity contribution is 5.66. The van der Waals surface area contributed by atoms with Gasteiger partial charge in [0.25, 0.3) is 0 Å². The van der Waals surface area contributed by atoms with Gasteiger partial charge in [-0.1, -0.05) is 67.7 Å². The summed E-state index contributed by atoms with van der Waals surface area (Å²) < 4.78 is 0. The number of fused-ring (bicyclic) bond motifs is 5. The van der Waals surface area contributed by atoms with Gasteiger partial charge in [-0.25, -0.2) is 0 Å². The summed E-state index contributed by atoms with van der Waals surface area (Å²) in [4.78, 5) is 0. The van der Waals surface area contributed by atoms with Gasteiger partial charge in [0.2, 0.25) is 0 Å². The second kappa shape index (κ2) is 13.1. The van der Waals surface area contributed by atoms with Crippen molar-refractivity contribution in [1.29, 1.82) is 0 Å². The van der Waals surface area contributed by atoms with Gasteiger partial charge in [0, 0.05) is 22.9 Å². The Morgan fingerprint density at radius 3 is 2.15 bits per heavy atom. The Morgan fingerprint density at radius 2 is 1.45 bits per heavy atom. The van der Waals surface area contributed by atoms with Crippen LogP contribution in [0.2, 0.25) is 0 Å². The lowest BCUT2D eigenvalue weighted by Crippen LogP contribution is -2.50. The van der Waals surface area contributed by atoms with Crippen molar-refractivity contribution >= 4 is 0 Å². The van der Waals surface area contributed by atoms with E-state index in [-0.39, 0.29) is 0 Å². The minimum atomic E-state index is 0.368. The molecule has 0 aliphatic heterocycles. The number of hydrogen-bond acceptors (Lipinski definition) is 3. The molecule has 11 unspecified atom stereocenters. The molecule has 3 nitrogen and oxygen atoms in total. The first-order chi connectivity index (χ1) is 19.1. The maximum Gasteiger partial charge on any atom is 0.0850 e. The molecule has 0 saturated heterocycles. The molecule has 0 spiro atoms. The summed E-state index contributed by atoms with van der Waals surface area (Å²) in [6, 6.07) is 0.368. The van der Waals surface area contributed by atoms with Crippen molar-refractivity contribution in [2.45, 2.75) is 119 Å². The van der Waals surface area contributed by atoms with E-state index in [9.17, 15) is 0 Å². The van der Waals surface area contributed by atoms with Crippen LogP contribution in [0.25, 0.3) is 0 Å². The Morgan fingerprint density at radius 1 is 0.800 bits per heavy atom. The molecule has 0 aromatic carbocycles. The van der Waals surface area contributed by atoms with Crippen LogP contribution in [0, 0.1) is 65.1 Å². The van der Waals surface area contributed by atoms with E-state index in [0.29, 0.717) is 6.04 Å². The molecule has 0 amide bonds. The van der Waals surface area contributed by atoms with Crippen LogP contribution in [-0.4, -0.2) is 6.04 Å². The molecule has 5 aliphatic rings. The second-order valence-corrected chi connectivity index (χ2v) is 14.9. The SMILES string of the molecule is C=C(CCC(C)C1CCC2C1C(C)CC1C3CCC(C)CC3CC(C)C12)NNC1=C(NC(C)C)C(=C)C1=C.CC. The third-order valence-corrected chi connectivity index (χ3v) is 11.9. The number of hydrogen-bond donors (Lipinski definition) is 3. The minimum Gasteiger partial charge on any atom is -0.381 e. The zero-order valence-electron chi connectivity index (χ0n) is 27.4. The predicted molar refractivity (Wildman–Crippen MR) is 173 cm³/mol. The maximum atomic E-state index is 4.35. The van der Waals surface area contributed by atoms with Crippen molar-refractivity contribution in [3.05, 3.63) is 48.0 Å². The van der Waals surface area contributed by atoms with Crippen LogP contribution in [-0.2, 0) is 0 Å².